The number of rotatable bonds is 12. The second kappa shape index (κ2) is 28.7. The molecule has 6 aromatic rings. The van der Waals surface area contributed by atoms with Gasteiger partial charge in [-0.2, -0.15) is 39.5 Å². The number of methoxy groups -OCH3 is 2. The van der Waals surface area contributed by atoms with Crippen LogP contribution >= 0.6 is 0 Å². The summed E-state index contributed by atoms with van der Waals surface area (Å²) in [4.78, 5) is 73.5. The Morgan fingerprint density at radius 1 is 0.450 bits per heavy atom. The SMILES string of the molecule is CCC1(CC)C/C(=C\C(=O)Nc2ccc3c(c2)NC(=O)CC3)c2ccc(C(F)(F)F)cc2O1.COCC1(COC)C/C(=C\C(=O)Nc2ccc3c(c2)NC(=O)CC3)c2ccc(C(F)(F)F)cc2O1.O=C(/C=C1\CC2(CCC2)Oc2cc(C(F)(F)F)ccc21)Nc1ccc2c(c1)NC(=O)CC2. The van der Waals surface area contributed by atoms with Crippen LogP contribution in [-0.4, -0.2) is 79.7 Å². The number of benzene rings is 6. The highest BCUT2D eigenvalue weighted by Crippen LogP contribution is 2.52. The van der Waals surface area contributed by atoms with Crippen molar-refractivity contribution in [1.29, 1.82) is 0 Å². The van der Waals surface area contributed by atoms with Gasteiger partial charge in [0.1, 0.15) is 28.5 Å². The van der Waals surface area contributed by atoms with Crippen molar-refractivity contribution < 1.29 is 92.0 Å². The van der Waals surface area contributed by atoms with E-state index in [-0.39, 0.29) is 60.5 Å². The van der Waals surface area contributed by atoms with Crippen molar-refractivity contribution in [2.24, 2.45) is 0 Å². The summed E-state index contributed by atoms with van der Waals surface area (Å²) in [5, 5.41) is 16.7. The molecule has 0 aromatic heterocycles. The normalized spacial score (nSPS) is 18.6. The highest BCUT2D eigenvalue weighted by atomic mass is 19.4. The highest BCUT2D eigenvalue weighted by molar-refractivity contribution is 6.08. The van der Waals surface area contributed by atoms with E-state index < -0.39 is 63.8 Å². The predicted octanol–water partition coefficient (Wildman–Crippen LogP) is 15.7. The number of aryl methyl sites for hydroxylation is 3. The van der Waals surface area contributed by atoms with Crippen molar-refractivity contribution in [3.05, 3.63) is 177 Å². The number of amides is 6. The number of hydrogen-bond donors (Lipinski definition) is 6. The van der Waals surface area contributed by atoms with E-state index in [1.165, 1.54) is 50.6 Å². The number of hydrogen-bond acceptors (Lipinski definition) is 11. The molecule has 6 N–H and O–H groups in total. The van der Waals surface area contributed by atoms with E-state index in [0.717, 1.165) is 72.4 Å². The Kier molecular flexibility index (Phi) is 20.5. The van der Waals surface area contributed by atoms with Crippen LogP contribution in [0.25, 0.3) is 16.7 Å². The van der Waals surface area contributed by atoms with Crippen LogP contribution < -0.4 is 46.1 Å². The molecule has 0 saturated heterocycles. The van der Waals surface area contributed by atoms with Gasteiger partial charge in [-0.05, 0) is 158 Å². The van der Waals surface area contributed by atoms with Gasteiger partial charge >= 0.3 is 18.5 Å². The molecule has 6 heterocycles. The van der Waals surface area contributed by atoms with E-state index in [2.05, 4.69) is 31.9 Å². The Bertz CT molecular complexity index is 4320. The maximum absolute atomic E-state index is 13.3. The first-order chi connectivity index (χ1) is 47.4. The summed E-state index contributed by atoms with van der Waals surface area (Å²) in [6.45, 7) is 3.92. The zero-order valence-electron chi connectivity index (χ0n) is 54.8. The fourth-order valence-electron chi connectivity index (χ4n) is 13.2. The number of anilines is 6. The summed E-state index contributed by atoms with van der Waals surface area (Å²) >= 11 is 0. The molecule has 0 bridgehead atoms. The van der Waals surface area contributed by atoms with Gasteiger partial charge in [0.05, 0.1) is 29.9 Å². The zero-order valence-corrected chi connectivity index (χ0v) is 54.8. The molecule has 26 heteroatoms. The highest BCUT2D eigenvalue weighted by Gasteiger charge is 2.46. The van der Waals surface area contributed by atoms with Gasteiger partial charge in [0, 0.05) is 122 Å². The van der Waals surface area contributed by atoms with Gasteiger partial charge in [-0.25, -0.2) is 0 Å². The zero-order chi connectivity index (χ0) is 71.5. The standard InChI is InChI=1S/C25H25F3N2O5.C25H25F3N2O3.C24H21F3N2O3/c1-33-13-24(14-34-2)12-16(19-7-5-17(25(26,27)28)10-21(19)35-24)9-23(32)29-18-6-3-15-4-8-22(31)30-20(15)11-18;1-3-24(4-2)14-16(19-9-7-17(25(26,27)28)12-21(19)33-24)11-23(32)29-18-8-5-15-6-10-22(31)30-20(15)13-18;25-24(26,27)16-4-6-18-15(13-23(8-1-9-23)32-20(18)11-16)10-22(31)28-17-5-2-14-3-7-21(30)29-19(14)12-17/h3,5-7,9-11H,4,8,12-14H2,1-2H3,(H,29,32)(H,30,31);5,7-9,11-13H,3-4,6,10,14H2,1-2H3,(H,29,32)(H,30,31);2,4-6,10-12H,1,3,7-9,13H2,(H,28,31)(H,29,30)/b16-9+;16-11+;15-10+. The molecule has 7 aliphatic rings. The lowest BCUT2D eigenvalue weighted by molar-refractivity contribution is -0.138. The van der Waals surface area contributed by atoms with Crippen LogP contribution in [0.1, 0.15) is 135 Å². The molecule has 6 aromatic carbocycles. The van der Waals surface area contributed by atoms with Crippen LogP contribution in [0, 0.1) is 0 Å². The van der Waals surface area contributed by atoms with Crippen LogP contribution in [-0.2, 0) is 76.0 Å². The Hall–Kier alpha value is -9.95. The number of carbonyl (C=O) groups is 6. The lowest BCUT2D eigenvalue weighted by Gasteiger charge is -2.46. The van der Waals surface area contributed by atoms with Gasteiger partial charge in [0.2, 0.25) is 35.4 Å². The monoisotopic (exact) mass is 1390 g/mol. The fraction of sp³-hybridized carbons (Fsp3) is 0.351. The molecule has 0 atom stereocenters. The minimum Gasteiger partial charge on any atom is -0.486 e. The number of nitrogens with one attached hydrogen (secondary N) is 6. The molecule has 13 rings (SSSR count). The van der Waals surface area contributed by atoms with Crippen LogP contribution in [0.2, 0.25) is 0 Å². The largest absolute Gasteiger partial charge is 0.486 e. The average molecular weight is 1390 g/mol. The molecule has 526 valence electrons. The summed E-state index contributed by atoms with van der Waals surface area (Å²) in [5.74, 6) is -1.18. The minimum absolute atomic E-state index is 0.00396. The van der Waals surface area contributed by atoms with Gasteiger partial charge in [-0.1, -0.05) is 50.2 Å². The van der Waals surface area contributed by atoms with E-state index >= 15 is 0 Å². The second-order valence-corrected chi connectivity index (χ2v) is 25.7. The predicted molar refractivity (Wildman–Crippen MR) is 356 cm³/mol. The molecule has 17 nitrogen and oxygen atoms in total. The fourth-order valence-corrected chi connectivity index (χ4v) is 13.2. The van der Waals surface area contributed by atoms with Crippen LogP contribution in [0.15, 0.2) is 127 Å². The van der Waals surface area contributed by atoms with Crippen molar-refractivity contribution in [2.45, 2.75) is 139 Å². The molecule has 1 spiro atoms. The van der Waals surface area contributed by atoms with Gasteiger partial charge < -0.3 is 55.6 Å². The van der Waals surface area contributed by atoms with Crippen molar-refractivity contribution >= 4 is 86.3 Å². The first-order valence-electron chi connectivity index (χ1n) is 32.5. The Labute approximate surface area is 569 Å². The minimum atomic E-state index is -4.55. The van der Waals surface area contributed by atoms with E-state index in [1.807, 2.05) is 32.0 Å². The van der Waals surface area contributed by atoms with Gasteiger partial charge in [0.15, 0.2) is 5.60 Å². The molecular formula is C74H71F9N6O11. The Morgan fingerprint density at radius 3 is 1.10 bits per heavy atom. The summed E-state index contributed by atoms with van der Waals surface area (Å²) in [6, 6.07) is 25.9. The average Bonchev–Trinajstić information content (AvgIpc) is 0.766. The molecule has 0 unspecified atom stereocenters. The summed E-state index contributed by atoms with van der Waals surface area (Å²) < 4.78 is 148. The topological polar surface area (TPSA) is 221 Å². The number of halogens is 9. The Morgan fingerprint density at radius 2 is 0.780 bits per heavy atom. The first-order valence-corrected chi connectivity index (χ1v) is 32.5. The van der Waals surface area contributed by atoms with E-state index in [1.54, 1.807) is 36.4 Å². The van der Waals surface area contributed by atoms with E-state index in [9.17, 15) is 68.3 Å². The van der Waals surface area contributed by atoms with Crippen molar-refractivity contribution in [1.82, 2.24) is 0 Å². The molecule has 1 saturated carbocycles. The smallest absolute Gasteiger partial charge is 0.416 e. The molecular weight excluding hydrogens is 1320 g/mol. The van der Waals surface area contributed by atoms with Crippen LogP contribution in [0.4, 0.5) is 73.6 Å². The summed E-state index contributed by atoms with van der Waals surface area (Å²) in [7, 11) is 2.90. The second-order valence-electron chi connectivity index (χ2n) is 25.7. The molecule has 6 aliphatic heterocycles. The quantitative estimate of drug-likeness (QED) is 0.0500. The van der Waals surface area contributed by atoms with E-state index in [4.69, 9.17) is 23.7 Å². The molecule has 0 radical (unpaired) electrons. The first kappa shape index (κ1) is 71.3. The van der Waals surface area contributed by atoms with Crippen molar-refractivity contribution in [3.63, 3.8) is 0 Å². The lowest BCUT2D eigenvalue weighted by atomic mass is 9.72. The van der Waals surface area contributed by atoms with Crippen LogP contribution in [0.5, 0.6) is 17.2 Å². The molecule has 6 amide bonds. The van der Waals surface area contributed by atoms with Crippen molar-refractivity contribution in [2.75, 3.05) is 59.3 Å². The number of fused-ring (bicyclic) bond motifs is 6. The third kappa shape index (κ3) is 16.5. The van der Waals surface area contributed by atoms with Gasteiger partial charge in [0.25, 0.3) is 0 Å². The molecule has 1 aliphatic carbocycles. The third-order valence-electron chi connectivity index (χ3n) is 18.6. The summed E-state index contributed by atoms with van der Waals surface area (Å²) in [6.07, 6.45) is -1.45. The Balaban J connectivity index is 0.000000151. The van der Waals surface area contributed by atoms with Gasteiger partial charge in [-0.15, -0.1) is 0 Å². The van der Waals surface area contributed by atoms with Crippen LogP contribution in [0.3, 0.4) is 0 Å². The molecule has 100 heavy (non-hydrogen) atoms. The summed E-state index contributed by atoms with van der Waals surface area (Å²) in [5.41, 5.74) is 4.88. The maximum Gasteiger partial charge on any atom is 0.416 e. The lowest BCUT2D eigenvalue weighted by Crippen LogP contribution is -2.47. The van der Waals surface area contributed by atoms with Gasteiger partial charge in [-0.3, -0.25) is 28.8 Å². The number of alkyl halides is 9. The molecule has 1 fully saturated rings. The number of ether oxygens (including phenoxy) is 5. The maximum atomic E-state index is 13.3. The number of carbonyl (C=O) groups excluding carboxylic acids is 6. The third-order valence-corrected chi connectivity index (χ3v) is 18.6. The van der Waals surface area contributed by atoms with E-state index in [0.29, 0.717) is 132 Å². The van der Waals surface area contributed by atoms with Crippen molar-refractivity contribution in [3.8, 4) is 17.2 Å².